The first-order valence-electron chi connectivity index (χ1n) is 10.1. The molecule has 0 fully saturated rings. The predicted molar refractivity (Wildman–Crippen MR) is 112 cm³/mol. The van der Waals surface area contributed by atoms with E-state index in [9.17, 15) is 22.8 Å². The SMILES string of the molecule is CCOC(=O)Cc1nn(CN2CN=C(c3ccccc3C(F)(F)F)O2)c(=O)c2ccccc12. The van der Waals surface area contributed by atoms with Gasteiger partial charge in [0.2, 0.25) is 5.90 Å². The van der Waals surface area contributed by atoms with Crippen molar-refractivity contribution >= 4 is 22.6 Å². The number of halogens is 3. The van der Waals surface area contributed by atoms with Crippen LogP contribution in [-0.4, -0.2) is 40.0 Å². The number of aliphatic imine (C=N–C) groups is 1. The number of esters is 1. The van der Waals surface area contributed by atoms with Crippen molar-refractivity contribution in [3.05, 3.63) is 75.7 Å². The van der Waals surface area contributed by atoms with Crippen molar-refractivity contribution in [3.63, 3.8) is 0 Å². The molecule has 11 heteroatoms. The van der Waals surface area contributed by atoms with E-state index in [1.54, 1.807) is 31.2 Å². The molecule has 0 amide bonds. The van der Waals surface area contributed by atoms with Gasteiger partial charge in [-0.1, -0.05) is 35.4 Å². The molecule has 4 rings (SSSR count). The molecule has 0 aliphatic carbocycles. The molecule has 0 saturated heterocycles. The van der Waals surface area contributed by atoms with Crippen molar-refractivity contribution in [2.45, 2.75) is 26.2 Å². The van der Waals surface area contributed by atoms with Gasteiger partial charge < -0.3 is 9.57 Å². The summed E-state index contributed by atoms with van der Waals surface area (Å²) in [6.07, 6.45) is -4.72. The second-order valence-corrected chi connectivity index (χ2v) is 7.14. The molecule has 0 unspecified atom stereocenters. The Bertz CT molecular complexity index is 1290. The molecular formula is C22H19F3N4O4. The fourth-order valence-electron chi connectivity index (χ4n) is 3.48. The van der Waals surface area contributed by atoms with Gasteiger partial charge in [0.15, 0.2) is 0 Å². The number of benzene rings is 2. The number of ether oxygens (including phenoxy) is 1. The molecule has 3 aromatic rings. The van der Waals surface area contributed by atoms with Crippen LogP contribution in [-0.2, 0) is 33.6 Å². The minimum atomic E-state index is -4.57. The zero-order valence-corrected chi connectivity index (χ0v) is 17.5. The van der Waals surface area contributed by atoms with Crippen LogP contribution in [0.25, 0.3) is 10.8 Å². The fraction of sp³-hybridized carbons (Fsp3) is 0.273. The Morgan fingerprint density at radius 2 is 1.82 bits per heavy atom. The minimum Gasteiger partial charge on any atom is -0.466 e. The van der Waals surface area contributed by atoms with Crippen LogP contribution in [0.2, 0.25) is 0 Å². The lowest BCUT2D eigenvalue weighted by molar-refractivity contribution is -0.142. The molecular weight excluding hydrogens is 441 g/mol. The highest BCUT2D eigenvalue weighted by molar-refractivity contribution is 5.96. The van der Waals surface area contributed by atoms with Gasteiger partial charge in [0.05, 0.1) is 35.2 Å². The topological polar surface area (TPSA) is 86.0 Å². The average Bonchev–Trinajstić information content (AvgIpc) is 3.25. The Labute approximate surface area is 185 Å². The highest BCUT2D eigenvalue weighted by atomic mass is 19.4. The van der Waals surface area contributed by atoms with Gasteiger partial charge in [-0.15, -0.1) is 0 Å². The number of carbonyl (C=O) groups is 1. The first kappa shape index (κ1) is 22.5. The molecule has 8 nitrogen and oxygen atoms in total. The third-order valence-electron chi connectivity index (χ3n) is 4.90. The number of alkyl halides is 3. The smallest absolute Gasteiger partial charge is 0.417 e. The Morgan fingerprint density at radius 3 is 2.55 bits per heavy atom. The van der Waals surface area contributed by atoms with E-state index in [4.69, 9.17) is 9.57 Å². The molecule has 0 N–H and O–H groups in total. The van der Waals surface area contributed by atoms with Crippen molar-refractivity contribution in [3.8, 4) is 0 Å². The number of aromatic nitrogens is 2. The van der Waals surface area contributed by atoms with Crippen LogP contribution >= 0.6 is 0 Å². The lowest BCUT2D eigenvalue weighted by atomic mass is 10.1. The van der Waals surface area contributed by atoms with Crippen molar-refractivity contribution < 1.29 is 27.5 Å². The molecule has 0 spiro atoms. The standard InChI is InChI=1S/C22H19F3N4O4/c1-2-32-19(30)11-18-14-7-3-4-8-15(14)21(31)29(27-18)13-28-12-26-20(33-28)16-9-5-6-10-17(16)22(23,24)25/h3-10H,2,11-13H2,1H3. The monoisotopic (exact) mass is 460 g/mol. The van der Waals surface area contributed by atoms with Gasteiger partial charge in [-0.3, -0.25) is 9.59 Å². The van der Waals surface area contributed by atoms with Crippen LogP contribution in [0.15, 0.2) is 58.3 Å². The van der Waals surface area contributed by atoms with E-state index in [2.05, 4.69) is 10.1 Å². The molecule has 1 aliphatic rings. The zero-order chi connectivity index (χ0) is 23.6. The zero-order valence-electron chi connectivity index (χ0n) is 17.5. The minimum absolute atomic E-state index is 0.102. The summed E-state index contributed by atoms with van der Waals surface area (Å²) < 4.78 is 46.1. The third kappa shape index (κ3) is 4.72. The van der Waals surface area contributed by atoms with E-state index in [1.807, 2.05) is 0 Å². The van der Waals surface area contributed by atoms with E-state index >= 15 is 0 Å². The number of rotatable bonds is 6. The van der Waals surface area contributed by atoms with Crippen LogP contribution in [0.1, 0.15) is 23.7 Å². The highest BCUT2D eigenvalue weighted by Crippen LogP contribution is 2.33. The summed E-state index contributed by atoms with van der Waals surface area (Å²) in [5, 5.41) is 6.36. The van der Waals surface area contributed by atoms with E-state index in [-0.39, 0.29) is 37.8 Å². The van der Waals surface area contributed by atoms with Gasteiger partial charge in [0, 0.05) is 5.39 Å². The number of hydrogen-bond donors (Lipinski definition) is 0. The predicted octanol–water partition coefficient (Wildman–Crippen LogP) is 3.13. The van der Waals surface area contributed by atoms with Crippen LogP contribution in [0.3, 0.4) is 0 Å². The summed E-state index contributed by atoms with van der Waals surface area (Å²) >= 11 is 0. The lowest BCUT2D eigenvalue weighted by Gasteiger charge is -2.18. The molecule has 1 aliphatic heterocycles. The van der Waals surface area contributed by atoms with E-state index in [1.165, 1.54) is 23.3 Å². The Morgan fingerprint density at radius 1 is 1.12 bits per heavy atom. The molecule has 1 aromatic heterocycles. The Hall–Kier alpha value is -3.73. The first-order valence-corrected chi connectivity index (χ1v) is 10.1. The van der Waals surface area contributed by atoms with Gasteiger partial charge >= 0.3 is 12.1 Å². The second-order valence-electron chi connectivity index (χ2n) is 7.14. The van der Waals surface area contributed by atoms with Crippen molar-refractivity contribution in [2.24, 2.45) is 4.99 Å². The number of hydrogen-bond acceptors (Lipinski definition) is 7. The van der Waals surface area contributed by atoms with Crippen molar-refractivity contribution in [1.29, 1.82) is 0 Å². The normalized spacial score (nSPS) is 14.2. The summed E-state index contributed by atoms with van der Waals surface area (Å²) in [7, 11) is 0. The van der Waals surface area contributed by atoms with Crippen LogP contribution in [0.5, 0.6) is 0 Å². The van der Waals surface area contributed by atoms with Crippen LogP contribution in [0.4, 0.5) is 13.2 Å². The lowest BCUT2D eigenvalue weighted by Crippen LogP contribution is -2.34. The summed E-state index contributed by atoms with van der Waals surface area (Å²) in [4.78, 5) is 34.5. The second kappa shape index (κ2) is 9.02. The number of hydroxylamine groups is 2. The maximum Gasteiger partial charge on any atom is 0.417 e. The molecule has 0 bridgehead atoms. The maximum absolute atomic E-state index is 13.3. The van der Waals surface area contributed by atoms with Gasteiger partial charge in [0.25, 0.3) is 5.56 Å². The van der Waals surface area contributed by atoms with E-state index in [0.717, 1.165) is 10.7 Å². The quantitative estimate of drug-likeness (QED) is 0.526. The maximum atomic E-state index is 13.3. The van der Waals surface area contributed by atoms with Crippen molar-refractivity contribution in [2.75, 3.05) is 13.3 Å². The van der Waals surface area contributed by atoms with E-state index < -0.39 is 23.3 Å². The molecule has 33 heavy (non-hydrogen) atoms. The molecule has 172 valence electrons. The van der Waals surface area contributed by atoms with Crippen LogP contribution < -0.4 is 5.56 Å². The number of fused-ring (bicyclic) bond motifs is 1. The summed E-state index contributed by atoms with van der Waals surface area (Å²) in [5.41, 5.74) is -1.17. The van der Waals surface area contributed by atoms with Gasteiger partial charge in [-0.25, -0.2) is 9.67 Å². The molecule has 0 saturated carbocycles. The molecule has 0 atom stereocenters. The first-order chi connectivity index (χ1) is 15.8. The van der Waals surface area contributed by atoms with Crippen molar-refractivity contribution in [1.82, 2.24) is 14.8 Å². The summed E-state index contributed by atoms with van der Waals surface area (Å²) in [6, 6.07) is 11.7. The average molecular weight is 460 g/mol. The van der Waals surface area contributed by atoms with E-state index in [0.29, 0.717) is 16.5 Å². The largest absolute Gasteiger partial charge is 0.466 e. The number of nitrogens with zero attached hydrogens (tertiary/aromatic N) is 4. The highest BCUT2D eigenvalue weighted by Gasteiger charge is 2.36. The van der Waals surface area contributed by atoms with Gasteiger partial charge in [0.1, 0.15) is 13.3 Å². The summed E-state index contributed by atoms with van der Waals surface area (Å²) in [6.45, 7) is 1.58. The molecule has 2 heterocycles. The molecule has 2 aromatic carbocycles. The fourth-order valence-corrected chi connectivity index (χ4v) is 3.48. The number of carbonyl (C=O) groups excluding carboxylic acids is 1. The Balaban J connectivity index is 1.60. The van der Waals surface area contributed by atoms with Crippen LogP contribution in [0, 0.1) is 0 Å². The summed E-state index contributed by atoms with van der Waals surface area (Å²) in [5.74, 6) is -0.698. The molecule has 0 radical (unpaired) electrons. The van der Waals surface area contributed by atoms with Gasteiger partial charge in [-0.2, -0.15) is 18.3 Å². The third-order valence-corrected chi connectivity index (χ3v) is 4.90. The van der Waals surface area contributed by atoms with Gasteiger partial charge in [-0.05, 0) is 25.1 Å². The Kier molecular flexibility index (Phi) is 6.14.